The molecule has 11 heteroatoms. The lowest BCUT2D eigenvalue weighted by molar-refractivity contribution is -0.143. The molecule has 1 N–H and O–H groups in total. The zero-order valence-electron chi connectivity index (χ0n) is 11.0. The first-order valence-corrected chi connectivity index (χ1v) is 7.11. The molecule has 0 aliphatic heterocycles. The van der Waals surface area contributed by atoms with E-state index in [9.17, 15) is 31.1 Å². The molecule has 0 aliphatic rings. The van der Waals surface area contributed by atoms with E-state index in [4.69, 9.17) is 34.8 Å². The molecule has 0 unspecified atom stereocenters. The van der Waals surface area contributed by atoms with Gasteiger partial charge in [0.1, 0.15) is 0 Å². The minimum absolute atomic E-state index is 0.0664. The van der Waals surface area contributed by atoms with E-state index >= 15 is 0 Å². The average Bonchev–Trinajstić information content (AvgIpc) is 2.36. The number of anilines is 1. The lowest BCUT2D eigenvalue weighted by Gasteiger charge is -2.19. The summed E-state index contributed by atoms with van der Waals surface area (Å²) in [6.07, 6.45) is -10.3. The minimum Gasteiger partial charge on any atom is -0.323 e. The highest BCUT2D eigenvalue weighted by molar-refractivity contribution is 6.59. The van der Waals surface area contributed by atoms with Crippen LogP contribution in [0.15, 0.2) is 18.2 Å². The van der Waals surface area contributed by atoms with E-state index in [0.29, 0.717) is 12.1 Å². The average molecular weight is 403 g/mol. The van der Waals surface area contributed by atoms with Gasteiger partial charge in [0.25, 0.3) is 5.91 Å². The molecule has 1 aromatic rings. The van der Waals surface area contributed by atoms with Crippen LogP contribution >= 0.6 is 34.8 Å². The van der Waals surface area contributed by atoms with Gasteiger partial charge in [-0.1, -0.05) is 23.2 Å². The number of hydrogen-bond donors (Lipinski definition) is 1. The van der Waals surface area contributed by atoms with Crippen LogP contribution < -0.4 is 5.32 Å². The van der Waals surface area contributed by atoms with Gasteiger partial charge < -0.3 is 5.32 Å². The van der Waals surface area contributed by atoms with E-state index in [2.05, 4.69) is 0 Å². The van der Waals surface area contributed by atoms with Gasteiger partial charge in [-0.2, -0.15) is 26.3 Å². The molecule has 130 valence electrons. The van der Waals surface area contributed by atoms with Crippen LogP contribution in [-0.4, -0.2) is 16.1 Å². The number of rotatable bonds is 4. The molecular formula is C12H8Cl3F6NO. The van der Waals surface area contributed by atoms with Crippen LogP contribution in [0.3, 0.4) is 0 Å². The van der Waals surface area contributed by atoms with Crippen molar-refractivity contribution in [3.63, 3.8) is 0 Å². The van der Waals surface area contributed by atoms with Crippen molar-refractivity contribution in [2.24, 2.45) is 0 Å². The number of hydrogen-bond acceptors (Lipinski definition) is 1. The van der Waals surface area contributed by atoms with Gasteiger partial charge in [0.15, 0.2) is 4.33 Å². The second-order valence-electron chi connectivity index (χ2n) is 4.39. The predicted octanol–water partition coefficient (Wildman–Crippen LogP) is 5.47. The molecule has 0 radical (unpaired) electrons. The van der Waals surface area contributed by atoms with Crippen molar-refractivity contribution in [1.82, 2.24) is 0 Å². The largest absolute Gasteiger partial charge is 0.416 e. The molecule has 0 fully saturated rings. The molecule has 0 bridgehead atoms. The van der Waals surface area contributed by atoms with Crippen molar-refractivity contribution in [3.05, 3.63) is 29.3 Å². The Morgan fingerprint density at radius 1 is 0.957 bits per heavy atom. The molecule has 0 heterocycles. The van der Waals surface area contributed by atoms with E-state index in [0.717, 1.165) is 0 Å². The number of carbonyl (C=O) groups is 1. The monoisotopic (exact) mass is 401 g/mol. The molecule has 0 aromatic heterocycles. The highest BCUT2D eigenvalue weighted by Crippen LogP contribution is 2.38. The molecule has 0 atom stereocenters. The molecule has 0 saturated carbocycles. The van der Waals surface area contributed by atoms with Crippen LogP contribution in [-0.2, 0) is 17.1 Å². The summed E-state index contributed by atoms with van der Waals surface area (Å²) in [4.78, 5) is 11.7. The van der Waals surface area contributed by atoms with Crippen LogP contribution in [0.5, 0.6) is 0 Å². The molecule has 0 aliphatic carbocycles. The van der Waals surface area contributed by atoms with Crippen molar-refractivity contribution in [2.75, 3.05) is 11.2 Å². The quantitative estimate of drug-likeness (QED) is 0.525. The highest BCUT2D eigenvalue weighted by atomic mass is 35.5. The van der Waals surface area contributed by atoms with Gasteiger partial charge in [-0.15, -0.1) is 11.6 Å². The lowest BCUT2D eigenvalue weighted by atomic mass is 10.1. The third-order valence-corrected chi connectivity index (χ3v) is 3.50. The SMILES string of the molecule is O=C(Nc1cc(C(F)(F)F)cc(C(F)(F)F)c1)C(Cl)(Cl)CCCl. The summed E-state index contributed by atoms with van der Waals surface area (Å²) in [5.41, 5.74) is -3.89. The smallest absolute Gasteiger partial charge is 0.323 e. The fraction of sp³-hybridized carbons (Fsp3) is 0.417. The van der Waals surface area contributed by atoms with Gasteiger partial charge in [0.05, 0.1) is 11.1 Å². The fourth-order valence-electron chi connectivity index (χ4n) is 1.48. The maximum absolute atomic E-state index is 12.7. The summed E-state index contributed by atoms with van der Waals surface area (Å²) < 4.78 is 74.0. The first-order valence-electron chi connectivity index (χ1n) is 5.82. The number of alkyl halides is 9. The maximum Gasteiger partial charge on any atom is 0.416 e. The van der Waals surface area contributed by atoms with Crippen LogP contribution in [0.2, 0.25) is 0 Å². The number of benzene rings is 1. The number of carbonyl (C=O) groups excluding carboxylic acids is 1. The predicted molar refractivity (Wildman–Crippen MR) is 74.8 cm³/mol. The Kier molecular flexibility index (Phi) is 6.09. The van der Waals surface area contributed by atoms with E-state index in [-0.39, 0.29) is 18.4 Å². The molecular weight excluding hydrogens is 394 g/mol. The van der Waals surface area contributed by atoms with Gasteiger partial charge in [-0.05, 0) is 18.2 Å². The van der Waals surface area contributed by atoms with Gasteiger partial charge in [0, 0.05) is 18.0 Å². The third kappa shape index (κ3) is 5.61. The highest BCUT2D eigenvalue weighted by Gasteiger charge is 2.38. The second kappa shape index (κ2) is 6.94. The first-order chi connectivity index (χ1) is 10.3. The van der Waals surface area contributed by atoms with Gasteiger partial charge in [0.2, 0.25) is 0 Å². The van der Waals surface area contributed by atoms with Crippen molar-refractivity contribution in [2.45, 2.75) is 23.1 Å². The number of amides is 1. The fourth-order valence-corrected chi connectivity index (χ4v) is 2.24. The van der Waals surface area contributed by atoms with Gasteiger partial charge >= 0.3 is 12.4 Å². The number of halogens is 9. The summed E-state index contributed by atoms with van der Waals surface area (Å²) in [5, 5.41) is 1.83. The topological polar surface area (TPSA) is 29.1 Å². The zero-order valence-corrected chi connectivity index (χ0v) is 13.2. The van der Waals surface area contributed by atoms with E-state index < -0.39 is 39.4 Å². The third-order valence-electron chi connectivity index (χ3n) is 2.59. The first kappa shape index (κ1) is 20.2. The Bertz CT molecular complexity index is 553. The van der Waals surface area contributed by atoms with Crippen molar-refractivity contribution in [3.8, 4) is 0 Å². The Hall–Kier alpha value is -0.860. The summed E-state index contributed by atoms with van der Waals surface area (Å²) >= 11 is 16.6. The number of nitrogens with one attached hydrogen (secondary N) is 1. The standard InChI is InChI=1S/C12H8Cl3F6NO/c13-2-1-10(14,15)9(23)22-8-4-6(11(16,17)18)3-7(5-8)12(19,20)21/h3-5H,1-2H2,(H,22,23). The summed E-state index contributed by atoms with van der Waals surface area (Å²) in [7, 11) is 0. The molecule has 0 saturated heterocycles. The van der Waals surface area contributed by atoms with Crippen molar-refractivity contribution < 1.29 is 31.1 Å². The maximum atomic E-state index is 12.7. The molecule has 1 rings (SSSR count). The summed E-state index contributed by atoms with van der Waals surface area (Å²) in [6, 6.07) is 0.623. The molecule has 1 aromatic carbocycles. The van der Waals surface area contributed by atoms with Crippen LogP contribution in [0.1, 0.15) is 17.5 Å². The van der Waals surface area contributed by atoms with Crippen LogP contribution in [0.25, 0.3) is 0 Å². The van der Waals surface area contributed by atoms with Crippen molar-refractivity contribution >= 4 is 46.4 Å². The van der Waals surface area contributed by atoms with Gasteiger partial charge in [-0.3, -0.25) is 4.79 Å². The molecule has 2 nitrogen and oxygen atoms in total. The Labute approximate surface area is 141 Å². The lowest BCUT2D eigenvalue weighted by Crippen LogP contribution is -2.33. The summed E-state index contributed by atoms with van der Waals surface area (Å²) in [5.74, 6) is -1.33. The Morgan fingerprint density at radius 3 is 1.74 bits per heavy atom. The molecule has 1 amide bonds. The van der Waals surface area contributed by atoms with E-state index in [1.807, 2.05) is 5.32 Å². The normalized spacial score (nSPS) is 13.1. The van der Waals surface area contributed by atoms with E-state index in [1.54, 1.807) is 0 Å². The Morgan fingerprint density at radius 2 is 1.39 bits per heavy atom. The van der Waals surface area contributed by atoms with E-state index in [1.165, 1.54) is 0 Å². The van der Waals surface area contributed by atoms with Gasteiger partial charge in [-0.25, -0.2) is 0 Å². The molecule has 0 spiro atoms. The van der Waals surface area contributed by atoms with Crippen LogP contribution in [0, 0.1) is 0 Å². The molecule has 23 heavy (non-hydrogen) atoms. The Balaban J connectivity index is 3.24. The van der Waals surface area contributed by atoms with Crippen LogP contribution in [0.4, 0.5) is 32.0 Å². The zero-order chi connectivity index (χ0) is 18.1. The summed E-state index contributed by atoms with van der Waals surface area (Å²) in [6.45, 7) is 0. The second-order valence-corrected chi connectivity index (χ2v) is 6.25. The van der Waals surface area contributed by atoms with Crippen molar-refractivity contribution in [1.29, 1.82) is 0 Å². The minimum atomic E-state index is -5.03.